The summed E-state index contributed by atoms with van der Waals surface area (Å²) in [6.07, 6.45) is 2.27. The molecule has 4 heteroatoms. The van der Waals surface area contributed by atoms with Crippen molar-refractivity contribution in [3.63, 3.8) is 0 Å². The minimum atomic E-state index is -1.06. The number of pyridine rings is 1. The Morgan fingerprint density at radius 2 is 2.36 bits per heavy atom. The molecule has 0 unspecified atom stereocenters. The van der Waals surface area contributed by atoms with Gasteiger partial charge in [-0.3, -0.25) is 4.98 Å². The zero-order valence-corrected chi connectivity index (χ0v) is 7.56. The van der Waals surface area contributed by atoms with Gasteiger partial charge in [-0.1, -0.05) is 0 Å². The lowest BCUT2D eigenvalue weighted by Crippen LogP contribution is -1.92. The fraction of sp³-hybridized carbons (Fsp3) is 0.100. The standard InChI is InChI=1S/C10H8N2O2/c1-7-2-3-8(6-11)9(12-7)4-5-10(13)14/h2-5H,1H3,(H,13,14)/b5-4+. The largest absolute Gasteiger partial charge is 0.478 e. The van der Waals surface area contributed by atoms with E-state index >= 15 is 0 Å². The van der Waals surface area contributed by atoms with Crippen LogP contribution in [0.1, 0.15) is 17.0 Å². The van der Waals surface area contributed by atoms with Crippen LogP contribution in [-0.2, 0) is 4.79 Å². The van der Waals surface area contributed by atoms with Crippen LogP contribution in [0.2, 0.25) is 0 Å². The highest BCUT2D eigenvalue weighted by atomic mass is 16.4. The predicted molar refractivity (Wildman–Crippen MR) is 50.4 cm³/mol. The number of hydrogen-bond donors (Lipinski definition) is 1. The molecule has 0 aliphatic carbocycles. The summed E-state index contributed by atoms with van der Waals surface area (Å²) in [5.41, 5.74) is 1.50. The molecule has 1 rings (SSSR count). The van der Waals surface area contributed by atoms with Crippen molar-refractivity contribution >= 4 is 12.0 Å². The van der Waals surface area contributed by atoms with Gasteiger partial charge in [0.05, 0.1) is 11.3 Å². The van der Waals surface area contributed by atoms with Crippen molar-refractivity contribution in [2.45, 2.75) is 6.92 Å². The van der Waals surface area contributed by atoms with Crippen LogP contribution in [-0.4, -0.2) is 16.1 Å². The number of aryl methyl sites for hydroxylation is 1. The molecule has 1 N–H and O–H groups in total. The minimum Gasteiger partial charge on any atom is -0.478 e. The first-order valence-electron chi connectivity index (χ1n) is 3.92. The molecule has 0 aliphatic rings. The van der Waals surface area contributed by atoms with Crippen molar-refractivity contribution in [3.8, 4) is 6.07 Å². The van der Waals surface area contributed by atoms with Gasteiger partial charge in [-0.2, -0.15) is 5.26 Å². The normalized spacial score (nSPS) is 10.0. The molecule has 0 amide bonds. The maximum absolute atomic E-state index is 10.3. The SMILES string of the molecule is Cc1ccc(C#N)c(/C=C/C(=O)O)n1. The smallest absolute Gasteiger partial charge is 0.328 e. The van der Waals surface area contributed by atoms with E-state index in [0.717, 1.165) is 11.8 Å². The Kier molecular flexibility index (Phi) is 2.97. The van der Waals surface area contributed by atoms with Gasteiger partial charge in [0, 0.05) is 11.8 Å². The van der Waals surface area contributed by atoms with E-state index in [9.17, 15) is 4.79 Å². The topological polar surface area (TPSA) is 74.0 Å². The molecular formula is C10H8N2O2. The maximum atomic E-state index is 10.3. The monoisotopic (exact) mass is 188 g/mol. The zero-order chi connectivity index (χ0) is 10.6. The Morgan fingerprint density at radius 1 is 1.64 bits per heavy atom. The van der Waals surface area contributed by atoms with Gasteiger partial charge >= 0.3 is 5.97 Å². The summed E-state index contributed by atoms with van der Waals surface area (Å²) in [7, 11) is 0. The Morgan fingerprint density at radius 3 is 2.93 bits per heavy atom. The molecule has 0 atom stereocenters. The molecule has 1 heterocycles. The number of carboxylic acid groups (broad SMARTS) is 1. The van der Waals surface area contributed by atoms with Crippen LogP contribution in [0.15, 0.2) is 18.2 Å². The van der Waals surface area contributed by atoms with Crippen molar-refractivity contribution in [1.29, 1.82) is 5.26 Å². The second-order valence-electron chi connectivity index (χ2n) is 2.67. The van der Waals surface area contributed by atoms with Gasteiger partial charge in [0.25, 0.3) is 0 Å². The molecule has 14 heavy (non-hydrogen) atoms. The van der Waals surface area contributed by atoms with Gasteiger partial charge in [0.15, 0.2) is 0 Å². The third-order valence-electron chi connectivity index (χ3n) is 1.57. The molecule has 0 spiro atoms. The molecule has 1 aromatic rings. The number of aromatic nitrogens is 1. The van der Waals surface area contributed by atoms with E-state index in [-0.39, 0.29) is 0 Å². The summed E-state index contributed by atoms with van der Waals surface area (Å²) in [4.78, 5) is 14.3. The van der Waals surface area contributed by atoms with Crippen LogP contribution in [0.25, 0.3) is 6.08 Å². The lowest BCUT2D eigenvalue weighted by Gasteiger charge is -1.97. The van der Waals surface area contributed by atoms with E-state index in [1.165, 1.54) is 6.08 Å². The first-order chi connectivity index (χ1) is 6.63. The summed E-state index contributed by atoms with van der Waals surface area (Å²) in [5, 5.41) is 17.1. The lowest BCUT2D eigenvalue weighted by molar-refractivity contribution is -0.131. The number of nitrogens with zero attached hydrogens (tertiary/aromatic N) is 2. The summed E-state index contributed by atoms with van der Waals surface area (Å²) in [5.74, 6) is -1.06. The minimum absolute atomic E-state index is 0.369. The summed E-state index contributed by atoms with van der Waals surface area (Å²) in [6.45, 7) is 1.78. The van der Waals surface area contributed by atoms with Crippen molar-refractivity contribution in [2.24, 2.45) is 0 Å². The highest BCUT2D eigenvalue weighted by Crippen LogP contribution is 2.07. The number of carbonyl (C=O) groups is 1. The molecule has 0 fully saturated rings. The first-order valence-corrected chi connectivity index (χ1v) is 3.92. The van der Waals surface area contributed by atoms with Crippen LogP contribution < -0.4 is 0 Å². The Hall–Kier alpha value is -2.15. The number of hydrogen-bond acceptors (Lipinski definition) is 3. The molecule has 0 saturated heterocycles. The third kappa shape index (κ3) is 2.42. The van der Waals surface area contributed by atoms with Gasteiger partial charge in [-0.25, -0.2) is 4.79 Å². The fourth-order valence-electron chi connectivity index (χ4n) is 0.949. The van der Waals surface area contributed by atoms with E-state index in [0.29, 0.717) is 11.3 Å². The van der Waals surface area contributed by atoms with Crippen LogP contribution in [0.5, 0.6) is 0 Å². The number of nitriles is 1. The fourth-order valence-corrected chi connectivity index (χ4v) is 0.949. The average molecular weight is 188 g/mol. The second-order valence-corrected chi connectivity index (χ2v) is 2.67. The van der Waals surface area contributed by atoms with Crippen LogP contribution in [0.3, 0.4) is 0 Å². The second kappa shape index (κ2) is 4.19. The Labute approximate surface area is 81.1 Å². The molecule has 0 bridgehead atoms. The van der Waals surface area contributed by atoms with Crippen molar-refractivity contribution in [2.75, 3.05) is 0 Å². The van der Waals surface area contributed by atoms with E-state index in [1.807, 2.05) is 6.07 Å². The van der Waals surface area contributed by atoms with Crippen molar-refractivity contribution < 1.29 is 9.90 Å². The molecule has 4 nitrogen and oxygen atoms in total. The number of rotatable bonds is 2. The highest BCUT2D eigenvalue weighted by Gasteiger charge is 2.00. The third-order valence-corrected chi connectivity index (χ3v) is 1.57. The molecular weight excluding hydrogens is 180 g/mol. The highest BCUT2D eigenvalue weighted by molar-refractivity contribution is 5.85. The van der Waals surface area contributed by atoms with Crippen LogP contribution in [0, 0.1) is 18.3 Å². The van der Waals surface area contributed by atoms with E-state index in [4.69, 9.17) is 10.4 Å². The summed E-state index contributed by atoms with van der Waals surface area (Å²) < 4.78 is 0. The molecule has 70 valence electrons. The van der Waals surface area contributed by atoms with Crippen molar-refractivity contribution in [3.05, 3.63) is 35.2 Å². The quantitative estimate of drug-likeness (QED) is 0.711. The van der Waals surface area contributed by atoms with Gasteiger partial charge in [-0.05, 0) is 25.1 Å². The summed E-state index contributed by atoms with van der Waals surface area (Å²) in [6, 6.07) is 5.26. The Bertz CT molecular complexity index is 430. The predicted octanol–water partition coefficient (Wildman–Crippen LogP) is 1.36. The molecule has 1 aromatic heterocycles. The summed E-state index contributed by atoms with van der Waals surface area (Å²) >= 11 is 0. The maximum Gasteiger partial charge on any atom is 0.328 e. The van der Waals surface area contributed by atoms with Crippen molar-refractivity contribution in [1.82, 2.24) is 4.98 Å². The van der Waals surface area contributed by atoms with Gasteiger partial charge in [0.1, 0.15) is 6.07 Å². The number of carboxylic acids is 1. The van der Waals surface area contributed by atoms with E-state index < -0.39 is 5.97 Å². The van der Waals surface area contributed by atoms with E-state index in [1.54, 1.807) is 19.1 Å². The van der Waals surface area contributed by atoms with E-state index in [2.05, 4.69) is 4.98 Å². The first kappa shape index (κ1) is 9.93. The van der Waals surface area contributed by atoms with Crippen LogP contribution >= 0.6 is 0 Å². The number of aliphatic carboxylic acids is 1. The molecule has 0 aromatic carbocycles. The average Bonchev–Trinajstić information content (AvgIpc) is 2.15. The zero-order valence-electron chi connectivity index (χ0n) is 7.56. The van der Waals surface area contributed by atoms with Gasteiger partial charge < -0.3 is 5.11 Å². The lowest BCUT2D eigenvalue weighted by atomic mass is 10.2. The Balaban J connectivity index is 3.13. The molecule has 0 aliphatic heterocycles. The van der Waals surface area contributed by atoms with Gasteiger partial charge in [-0.15, -0.1) is 0 Å². The molecule has 0 saturated carbocycles. The van der Waals surface area contributed by atoms with Gasteiger partial charge in [0.2, 0.25) is 0 Å². The molecule has 0 radical (unpaired) electrons. The van der Waals surface area contributed by atoms with Crippen LogP contribution in [0.4, 0.5) is 0 Å².